The average Bonchev–Trinajstić information content (AvgIpc) is 2.70. The molecule has 148 valence electrons. The Kier molecular flexibility index (Phi) is 7.83. The van der Waals surface area contributed by atoms with Gasteiger partial charge < -0.3 is 18.9 Å². The molecule has 0 saturated heterocycles. The van der Waals surface area contributed by atoms with Crippen molar-refractivity contribution in [3.8, 4) is 11.5 Å². The van der Waals surface area contributed by atoms with E-state index in [1.165, 1.54) is 7.11 Å². The molecule has 0 saturated carbocycles. The lowest BCUT2D eigenvalue weighted by Gasteiger charge is -2.22. The topological polar surface area (TPSA) is 97.1 Å². The predicted octanol–water partition coefficient (Wildman–Crippen LogP) is 3.51. The first kappa shape index (κ1) is 20.8. The predicted molar refractivity (Wildman–Crippen MR) is 100 cm³/mol. The highest BCUT2D eigenvalue weighted by Crippen LogP contribution is 2.34. The molecule has 0 amide bonds. The van der Waals surface area contributed by atoms with E-state index in [4.69, 9.17) is 18.9 Å². The Morgan fingerprint density at radius 2 is 1.71 bits per heavy atom. The summed E-state index contributed by atoms with van der Waals surface area (Å²) in [6.45, 7) is 1.35. The molecule has 28 heavy (non-hydrogen) atoms. The summed E-state index contributed by atoms with van der Waals surface area (Å²) < 4.78 is 21.5. The van der Waals surface area contributed by atoms with E-state index in [-0.39, 0.29) is 12.4 Å². The van der Waals surface area contributed by atoms with Gasteiger partial charge >= 0.3 is 5.97 Å². The Labute approximate surface area is 162 Å². The molecule has 1 unspecified atom stereocenters. The number of esters is 1. The number of carbonyl (C=O) groups is 1. The number of benzene rings is 2. The Morgan fingerprint density at radius 3 is 2.32 bits per heavy atom. The number of nitro groups is 1. The largest absolute Gasteiger partial charge is 0.493 e. The average molecular weight is 387 g/mol. The molecular formula is C20H21NO7. The molecule has 0 aromatic heterocycles. The van der Waals surface area contributed by atoms with Crippen molar-refractivity contribution in [3.05, 3.63) is 82.2 Å². The number of methoxy groups -OCH3 is 1. The summed E-state index contributed by atoms with van der Waals surface area (Å²) >= 11 is 0. The Bertz CT molecular complexity index is 820. The van der Waals surface area contributed by atoms with Crippen LogP contribution in [0.3, 0.4) is 0 Å². The molecule has 0 bridgehead atoms. The van der Waals surface area contributed by atoms with Crippen molar-refractivity contribution in [3.63, 3.8) is 0 Å². The number of hydrogen-bond acceptors (Lipinski definition) is 7. The number of para-hydroxylation sites is 2. The molecule has 0 spiro atoms. The maximum absolute atomic E-state index is 11.6. The van der Waals surface area contributed by atoms with Crippen LogP contribution < -0.4 is 9.47 Å². The second-order valence-electron chi connectivity index (χ2n) is 5.47. The fraction of sp³-hybridized carbons (Fsp3) is 0.250. The van der Waals surface area contributed by atoms with Gasteiger partial charge in [0.05, 0.1) is 18.6 Å². The van der Waals surface area contributed by atoms with Crippen LogP contribution in [-0.2, 0) is 14.3 Å². The van der Waals surface area contributed by atoms with Gasteiger partial charge in [0.2, 0.25) is 5.76 Å². The fourth-order valence-corrected chi connectivity index (χ4v) is 2.39. The van der Waals surface area contributed by atoms with Crippen molar-refractivity contribution in [1.29, 1.82) is 0 Å². The quantitative estimate of drug-likeness (QED) is 0.266. The number of rotatable bonds is 10. The number of hydrogen-bond donors (Lipinski definition) is 0. The van der Waals surface area contributed by atoms with Gasteiger partial charge in [-0.15, -0.1) is 0 Å². The Balaban J connectivity index is 2.39. The minimum Gasteiger partial charge on any atom is -0.493 e. The van der Waals surface area contributed by atoms with Crippen molar-refractivity contribution in [1.82, 2.24) is 0 Å². The van der Waals surface area contributed by atoms with Crippen molar-refractivity contribution in [2.24, 2.45) is 0 Å². The lowest BCUT2D eigenvalue weighted by atomic mass is 10.1. The normalized spacial score (nSPS) is 12.0. The lowest BCUT2D eigenvalue weighted by molar-refractivity contribution is -0.406. The first-order chi connectivity index (χ1) is 13.5. The molecule has 2 rings (SSSR count). The van der Waals surface area contributed by atoms with Crippen LogP contribution >= 0.6 is 0 Å². The lowest BCUT2D eigenvalue weighted by Crippen LogP contribution is -2.19. The smallest absolute Gasteiger partial charge is 0.344 e. The zero-order valence-electron chi connectivity index (χ0n) is 15.6. The van der Waals surface area contributed by atoms with Gasteiger partial charge in [-0.3, -0.25) is 10.1 Å². The van der Waals surface area contributed by atoms with Crippen molar-refractivity contribution in [2.75, 3.05) is 20.3 Å². The minimum absolute atomic E-state index is 0.143. The molecule has 0 aliphatic rings. The molecule has 0 aliphatic carbocycles. The third-order valence-corrected chi connectivity index (χ3v) is 3.57. The van der Waals surface area contributed by atoms with Crippen LogP contribution in [0.15, 0.2) is 66.6 Å². The summed E-state index contributed by atoms with van der Waals surface area (Å²) in [5, 5.41) is 11.1. The molecule has 0 heterocycles. The zero-order chi connectivity index (χ0) is 20.4. The van der Waals surface area contributed by atoms with E-state index in [0.29, 0.717) is 23.3 Å². The number of ether oxygens (including phenoxy) is 4. The van der Waals surface area contributed by atoms with Crippen LogP contribution in [0.25, 0.3) is 0 Å². The van der Waals surface area contributed by atoms with Gasteiger partial charge in [0, 0.05) is 5.56 Å². The summed E-state index contributed by atoms with van der Waals surface area (Å²) in [6.07, 6.45) is -0.302. The molecule has 0 radical (unpaired) electrons. The number of carbonyl (C=O) groups excluding carboxylic acids is 1. The molecule has 1 atom stereocenters. The van der Waals surface area contributed by atoms with Gasteiger partial charge in [-0.1, -0.05) is 42.5 Å². The van der Waals surface area contributed by atoms with Gasteiger partial charge in [-0.2, -0.15) is 0 Å². The van der Waals surface area contributed by atoms with Crippen LogP contribution in [-0.4, -0.2) is 31.2 Å². The summed E-state index contributed by atoms with van der Waals surface area (Å²) in [5.74, 6) is 0.0399. The van der Waals surface area contributed by atoms with Crippen LogP contribution in [0.4, 0.5) is 0 Å². The molecule has 0 aliphatic heterocycles. The Hall–Kier alpha value is -3.55. The van der Waals surface area contributed by atoms with E-state index in [9.17, 15) is 14.9 Å². The SMILES string of the molecule is CCOC(=O)COC(=C[N+](=O)[O-])C(Oc1ccccc1OC)c1ccccc1. The first-order valence-corrected chi connectivity index (χ1v) is 8.53. The third kappa shape index (κ3) is 6.01. The second kappa shape index (κ2) is 10.6. The fourth-order valence-electron chi connectivity index (χ4n) is 2.39. The highest BCUT2D eigenvalue weighted by atomic mass is 16.6. The molecule has 8 nitrogen and oxygen atoms in total. The molecule has 2 aromatic rings. The molecule has 0 N–H and O–H groups in total. The highest BCUT2D eigenvalue weighted by molar-refractivity contribution is 5.70. The standard InChI is InChI=1S/C20H21NO7/c1-3-26-19(22)14-27-18(13-21(23)24)20(15-9-5-4-6-10-15)28-17-12-8-7-11-16(17)25-2/h4-13,20H,3,14H2,1-2H3. The van der Waals surface area contributed by atoms with E-state index < -0.39 is 23.6 Å². The Morgan fingerprint density at radius 1 is 1.07 bits per heavy atom. The zero-order valence-corrected chi connectivity index (χ0v) is 15.6. The molecule has 2 aromatic carbocycles. The van der Waals surface area contributed by atoms with E-state index in [2.05, 4.69) is 0 Å². The van der Waals surface area contributed by atoms with Crippen molar-refractivity contribution in [2.45, 2.75) is 13.0 Å². The highest BCUT2D eigenvalue weighted by Gasteiger charge is 2.26. The van der Waals surface area contributed by atoms with Gasteiger partial charge in [-0.05, 0) is 19.1 Å². The van der Waals surface area contributed by atoms with E-state index >= 15 is 0 Å². The monoisotopic (exact) mass is 387 g/mol. The summed E-state index contributed by atoms with van der Waals surface area (Å²) in [7, 11) is 1.49. The molecular weight excluding hydrogens is 366 g/mol. The maximum Gasteiger partial charge on any atom is 0.344 e. The van der Waals surface area contributed by atoms with Crippen LogP contribution in [0.5, 0.6) is 11.5 Å². The van der Waals surface area contributed by atoms with Crippen LogP contribution in [0, 0.1) is 10.1 Å². The summed E-state index contributed by atoms with van der Waals surface area (Å²) in [4.78, 5) is 22.1. The van der Waals surface area contributed by atoms with Crippen molar-refractivity contribution < 1.29 is 28.7 Å². The van der Waals surface area contributed by atoms with Crippen LogP contribution in [0.1, 0.15) is 18.6 Å². The maximum atomic E-state index is 11.6. The van der Waals surface area contributed by atoms with Gasteiger partial charge in [-0.25, -0.2) is 4.79 Å². The summed E-state index contributed by atoms with van der Waals surface area (Å²) in [5.41, 5.74) is 0.602. The number of nitrogens with zero attached hydrogens (tertiary/aromatic N) is 1. The molecule has 0 fully saturated rings. The van der Waals surface area contributed by atoms with Gasteiger partial charge in [0.25, 0.3) is 6.20 Å². The minimum atomic E-state index is -0.975. The van der Waals surface area contributed by atoms with E-state index in [1.54, 1.807) is 61.5 Å². The second-order valence-corrected chi connectivity index (χ2v) is 5.47. The summed E-state index contributed by atoms with van der Waals surface area (Å²) in [6, 6.07) is 15.7. The first-order valence-electron chi connectivity index (χ1n) is 8.53. The van der Waals surface area contributed by atoms with E-state index in [1.807, 2.05) is 0 Å². The van der Waals surface area contributed by atoms with E-state index in [0.717, 1.165) is 0 Å². The molecule has 8 heteroatoms. The van der Waals surface area contributed by atoms with Crippen LogP contribution in [0.2, 0.25) is 0 Å². The van der Waals surface area contributed by atoms with Gasteiger partial charge in [0.15, 0.2) is 24.2 Å². The van der Waals surface area contributed by atoms with Gasteiger partial charge in [0.1, 0.15) is 0 Å². The third-order valence-electron chi connectivity index (χ3n) is 3.57. The van der Waals surface area contributed by atoms with Crippen molar-refractivity contribution >= 4 is 5.97 Å².